The van der Waals surface area contributed by atoms with E-state index in [0.717, 1.165) is 22.6 Å². The number of para-hydroxylation sites is 1. The molecule has 0 unspecified atom stereocenters. The Morgan fingerprint density at radius 1 is 1.16 bits per heavy atom. The number of aromatic hydroxyl groups is 1. The first-order valence-corrected chi connectivity index (χ1v) is 6.06. The molecule has 3 rings (SSSR count). The van der Waals surface area contributed by atoms with E-state index >= 15 is 0 Å². The lowest BCUT2D eigenvalue weighted by atomic mass is 10.3. The highest BCUT2D eigenvalue weighted by Crippen LogP contribution is 2.21. The van der Waals surface area contributed by atoms with Crippen LogP contribution in [0.2, 0.25) is 0 Å². The molecule has 1 heterocycles. The standard InChI is InChI=1S/C15H14N2O2/c1-17-14-9-11(18)7-8-13(14)16-15(17)10-19-12-5-3-2-4-6-12/h2-9,18H,10H2,1H3. The predicted octanol–water partition coefficient (Wildman–Crippen LogP) is 2.86. The molecule has 1 N–H and O–H groups in total. The normalized spacial score (nSPS) is 10.8. The largest absolute Gasteiger partial charge is 0.508 e. The molecule has 0 saturated carbocycles. The fourth-order valence-corrected chi connectivity index (χ4v) is 2.02. The second-order valence-corrected chi connectivity index (χ2v) is 4.36. The summed E-state index contributed by atoms with van der Waals surface area (Å²) in [5, 5.41) is 9.50. The van der Waals surface area contributed by atoms with Crippen LogP contribution in [-0.4, -0.2) is 14.7 Å². The number of benzene rings is 2. The number of phenolic OH excluding ortho intramolecular Hbond substituents is 1. The van der Waals surface area contributed by atoms with Crippen LogP contribution in [0.3, 0.4) is 0 Å². The third kappa shape index (κ3) is 2.25. The third-order valence-electron chi connectivity index (χ3n) is 3.07. The summed E-state index contributed by atoms with van der Waals surface area (Å²) < 4.78 is 7.62. The van der Waals surface area contributed by atoms with Gasteiger partial charge in [0, 0.05) is 13.1 Å². The lowest BCUT2D eigenvalue weighted by Gasteiger charge is -2.05. The van der Waals surface area contributed by atoms with E-state index in [1.807, 2.05) is 41.9 Å². The number of imidazole rings is 1. The van der Waals surface area contributed by atoms with Gasteiger partial charge in [-0.2, -0.15) is 0 Å². The smallest absolute Gasteiger partial charge is 0.147 e. The Kier molecular flexibility index (Phi) is 2.83. The van der Waals surface area contributed by atoms with Gasteiger partial charge >= 0.3 is 0 Å². The van der Waals surface area contributed by atoms with Crippen molar-refractivity contribution in [2.45, 2.75) is 6.61 Å². The quantitative estimate of drug-likeness (QED) is 0.781. The molecule has 0 aliphatic carbocycles. The van der Waals surface area contributed by atoms with Gasteiger partial charge in [-0.15, -0.1) is 0 Å². The third-order valence-corrected chi connectivity index (χ3v) is 3.07. The summed E-state index contributed by atoms with van der Waals surface area (Å²) in [6, 6.07) is 14.8. The van der Waals surface area contributed by atoms with E-state index in [-0.39, 0.29) is 5.75 Å². The van der Waals surface area contributed by atoms with Crippen molar-refractivity contribution in [3.8, 4) is 11.5 Å². The van der Waals surface area contributed by atoms with E-state index in [1.54, 1.807) is 18.2 Å². The molecule has 0 aliphatic rings. The van der Waals surface area contributed by atoms with Gasteiger partial charge in [0.15, 0.2) is 0 Å². The summed E-state index contributed by atoms with van der Waals surface area (Å²) in [6.45, 7) is 0.399. The molecule has 4 nitrogen and oxygen atoms in total. The van der Waals surface area contributed by atoms with E-state index in [0.29, 0.717) is 6.61 Å². The Hall–Kier alpha value is -2.49. The van der Waals surface area contributed by atoms with Crippen molar-refractivity contribution in [3.05, 3.63) is 54.4 Å². The lowest BCUT2D eigenvalue weighted by Crippen LogP contribution is -2.03. The fraction of sp³-hybridized carbons (Fsp3) is 0.133. The average molecular weight is 254 g/mol. The summed E-state index contributed by atoms with van der Waals surface area (Å²) in [5.41, 5.74) is 1.75. The van der Waals surface area contributed by atoms with Gasteiger partial charge in [0.25, 0.3) is 0 Å². The zero-order valence-electron chi connectivity index (χ0n) is 10.6. The van der Waals surface area contributed by atoms with Crippen molar-refractivity contribution in [1.82, 2.24) is 9.55 Å². The number of rotatable bonds is 3. The Morgan fingerprint density at radius 3 is 2.74 bits per heavy atom. The topological polar surface area (TPSA) is 47.3 Å². The Balaban J connectivity index is 1.87. The molecule has 0 aliphatic heterocycles. The molecule has 19 heavy (non-hydrogen) atoms. The van der Waals surface area contributed by atoms with Crippen LogP contribution in [0.4, 0.5) is 0 Å². The van der Waals surface area contributed by atoms with Crippen molar-refractivity contribution in [3.63, 3.8) is 0 Å². The monoisotopic (exact) mass is 254 g/mol. The molecule has 0 atom stereocenters. The maximum atomic E-state index is 9.50. The van der Waals surface area contributed by atoms with Crippen molar-refractivity contribution in [1.29, 1.82) is 0 Å². The summed E-state index contributed by atoms with van der Waals surface area (Å²) in [5.74, 6) is 1.88. The van der Waals surface area contributed by atoms with Crippen LogP contribution in [0.15, 0.2) is 48.5 Å². The van der Waals surface area contributed by atoms with Crippen LogP contribution in [0.25, 0.3) is 11.0 Å². The van der Waals surface area contributed by atoms with Gasteiger partial charge in [-0.1, -0.05) is 18.2 Å². The molecular formula is C15H14N2O2. The van der Waals surface area contributed by atoms with Crippen LogP contribution in [-0.2, 0) is 13.7 Å². The molecular weight excluding hydrogens is 240 g/mol. The van der Waals surface area contributed by atoms with E-state index < -0.39 is 0 Å². The van der Waals surface area contributed by atoms with Crippen molar-refractivity contribution < 1.29 is 9.84 Å². The number of aryl methyl sites for hydroxylation is 1. The van der Waals surface area contributed by atoms with Crippen LogP contribution < -0.4 is 4.74 Å². The number of hydrogen-bond acceptors (Lipinski definition) is 3. The number of hydrogen-bond donors (Lipinski definition) is 1. The minimum atomic E-state index is 0.242. The van der Waals surface area contributed by atoms with E-state index in [2.05, 4.69) is 4.98 Å². The summed E-state index contributed by atoms with van der Waals surface area (Å²) in [4.78, 5) is 4.50. The minimum Gasteiger partial charge on any atom is -0.508 e. The van der Waals surface area contributed by atoms with Gasteiger partial charge in [0.2, 0.25) is 0 Å². The van der Waals surface area contributed by atoms with Crippen molar-refractivity contribution in [2.24, 2.45) is 7.05 Å². The second-order valence-electron chi connectivity index (χ2n) is 4.36. The maximum Gasteiger partial charge on any atom is 0.147 e. The first-order chi connectivity index (χ1) is 9.24. The Bertz CT molecular complexity index is 705. The fourth-order valence-electron chi connectivity index (χ4n) is 2.02. The molecule has 96 valence electrons. The summed E-state index contributed by atoms with van der Waals surface area (Å²) in [7, 11) is 1.92. The van der Waals surface area contributed by atoms with Crippen LogP contribution in [0.1, 0.15) is 5.82 Å². The van der Waals surface area contributed by atoms with Gasteiger partial charge in [-0.25, -0.2) is 4.98 Å². The number of fused-ring (bicyclic) bond motifs is 1. The average Bonchev–Trinajstić information content (AvgIpc) is 2.74. The van der Waals surface area contributed by atoms with E-state index in [1.165, 1.54) is 0 Å². The number of phenols is 1. The minimum absolute atomic E-state index is 0.242. The van der Waals surface area contributed by atoms with Crippen LogP contribution in [0.5, 0.6) is 11.5 Å². The molecule has 0 amide bonds. The molecule has 0 saturated heterocycles. The molecule has 0 spiro atoms. The number of ether oxygens (including phenoxy) is 1. The Morgan fingerprint density at radius 2 is 1.95 bits per heavy atom. The molecule has 0 bridgehead atoms. The molecule has 0 radical (unpaired) electrons. The zero-order chi connectivity index (χ0) is 13.2. The summed E-state index contributed by atoms with van der Waals surface area (Å²) >= 11 is 0. The van der Waals surface area contributed by atoms with Gasteiger partial charge in [0.1, 0.15) is 23.9 Å². The number of aromatic nitrogens is 2. The number of nitrogens with zero attached hydrogens (tertiary/aromatic N) is 2. The highest BCUT2D eigenvalue weighted by Gasteiger charge is 2.08. The van der Waals surface area contributed by atoms with Crippen LogP contribution >= 0.6 is 0 Å². The molecule has 2 aromatic carbocycles. The van der Waals surface area contributed by atoms with Gasteiger partial charge in [-0.3, -0.25) is 0 Å². The van der Waals surface area contributed by atoms with Crippen molar-refractivity contribution in [2.75, 3.05) is 0 Å². The second kappa shape index (κ2) is 4.65. The highest BCUT2D eigenvalue weighted by molar-refractivity contribution is 5.77. The lowest BCUT2D eigenvalue weighted by molar-refractivity contribution is 0.292. The summed E-state index contributed by atoms with van der Waals surface area (Å²) in [6.07, 6.45) is 0. The van der Waals surface area contributed by atoms with E-state index in [9.17, 15) is 5.11 Å². The van der Waals surface area contributed by atoms with Gasteiger partial charge in [-0.05, 0) is 24.3 Å². The predicted molar refractivity (Wildman–Crippen MR) is 73.2 cm³/mol. The SMILES string of the molecule is Cn1c(COc2ccccc2)nc2ccc(O)cc21. The zero-order valence-corrected chi connectivity index (χ0v) is 10.6. The molecule has 3 aromatic rings. The highest BCUT2D eigenvalue weighted by atomic mass is 16.5. The first kappa shape index (κ1) is 11.6. The van der Waals surface area contributed by atoms with Gasteiger partial charge in [0.05, 0.1) is 11.0 Å². The first-order valence-electron chi connectivity index (χ1n) is 6.06. The van der Waals surface area contributed by atoms with Crippen molar-refractivity contribution >= 4 is 11.0 Å². The Labute approximate surface area is 110 Å². The van der Waals surface area contributed by atoms with Gasteiger partial charge < -0.3 is 14.4 Å². The molecule has 0 fully saturated rings. The maximum absolute atomic E-state index is 9.50. The van der Waals surface area contributed by atoms with Crippen LogP contribution in [0, 0.1) is 0 Å². The molecule has 1 aromatic heterocycles. The van der Waals surface area contributed by atoms with E-state index in [4.69, 9.17) is 4.74 Å². The molecule has 4 heteroatoms.